The molecule has 1 aromatic heterocycles. The summed E-state index contributed by atoms with van der Waals surface area (Å²) in [6.45, 7) is 4.46. The van der Waals surface area contributed by atoms with Crippen LogP contribution in [0.4, 0.5) is 0 Å². The molecule has 0 aliphatic carbocycles. The van der Waals surface area contributed by atoms with E-state index in [1.165, 1.54) is 0 Å². The van der Waals surface area contributed by atoms with Gasteiger partial charge in [0.05, 0.1) is 11.5 Å². The smallest absolute Gasteiger partial charge is 0.103 e. The van der Waals surface area contributed by atoms with Gasteiger partial charge in [0.15, 0.2) is 0 Å². The van der Waals surface area contributed by atoms with E-state index in [0.29, 0.717) is 5.25 Å². The van der Waals surface area contributed by atoms with Crippen molar-refractivity contribution < 1.29 is 5.11 Å². The number of hydrogen-bond acceptors (Lipinski definition) is 4. The second-order valence-electron chi connectivity index (χ2n) is 2.74. The Hall–Kier alpha value is -0.0600. The molecule has 0 unspecified atom stereocenters. The van der Waals surface area contributed by atoms with Crippen LogP contribution in [-0.2, 0) is 12.4 Å². The number of aromatic nitrogens is 1. The summed E-state index contributed by atoms with van der Waals surface area (Å²) >= 11 is 3.47. The van der Waals surface area contributed by atoms with Crippen LogP contribution in [0.5, 0.6) is 0 Å². The van der Waals surface area contributed by atoms with Crippen molar-refractivity contribution >= 4 is 23.1 Å². The lowest BCUT2D eigenvalue weighted by molar-refractivity contribution is 0.285. The molecule has 0 radical (unpaired) electrons. The average molecular weight is 203 g/mol. The third-order valence-corrected chi connectivity index (χ3v) is 3.57. The lowest BCUT2D eigenvalue weighted by Gasteiger charge is -2.00. The highest BCUT2D eigenvalue weighted by Crippen LogP contribution is 2.21. The molecule has 0 atom stereocenters. The lowest BCUT2D eigenvalue weighted by Crippen LogP contribution is -1.87. The number of aliphatic hydroxyl groups excluding tert-OH is 1. The van der Waals surface area contributed by atoms with E-state index in [2.05, 4.69) is 18.8 Å². The molecule has 0 aliphatic rings. The number of rotatable bonds is 4. The molecule has 0 amide bonds. The van der Waals surface area contributed by atoms with Gasteiger partial charge in [0.2, 0.25) is 0 Å². The Morgan fingerprint density at radius 2 is 2.42 bits per heavy atom. The fourth-order valence-electron chi connectivity index (χ4n) is 0.726. The second kappa shape index (κ2) is 4.84. The topological polar surface area (TPSA) is 33.1 Å². The number of hydrogen-bond donors (Lipinski definition) is 1. The van der Waals surface area contributed by atoms with Crippen LogP contribution in [-0.4, -0.2) is 15.3 Å². The molecule has 1 aromatic rings. The van der Waals surface area contributed by atoms with Crippen molar-refractivity contribution in [3.63, 3.8) is 0 Å². The highest BCUT2D eigenvalue weighted by atomic mass is 32.2. The summed E-state index contributed by atoms with van der Waals surface area (Å²) in [6, 6.07) is 0. The summed E-state index contributed by atoms with van der Waals surface area (Å²) in [5.74, 6) is 0.961. The first kappa shape index (κ1) is 10.0. The maximum absolute atomic E-state index is 8.79. The average Bonchev–Trinajstić information content (AvgIpc) is 2.48. The van der Waals surface area contributed by atoms with Gasteiger partial charge >= 0.3 is 0 Å². The Morgan fingerprint density at radius 3 is 2.92 bits per heavy atom. The molecule has 0 fully saturated rings. The summed E-state index contributed by atoms with van der Waals surface area (Å²) in [4.78, 5) is 5.15. The van der Waals surface area contributed by atoms with E-state index >= 15 is 0 Å². The highest BCUT2D eigenvalue weighted by Gasteiger charge is 2.02. The molecule has 4 heteroatoms. The number of thioether (sulfide) groups is 1. The van der Waals surface area contributed by atoms with Crippen LogP contribution < -0.4 is 0 Å². The summed E-state index contributed by atoms with van der Waals surface area (Å²) in [7, 11) is 0. The van der Waals surface area contributed by atoms with E-state index in [4.69, 9.17) is 5.11 Å². The predicted molar refractivity (Wildman–Crippen MR) is 54.5 cm³/mol. The van der Waals surface area contributed by atoms with Crippen LogP contribution in [0.2, 0.25) is 0 Å². The monoisotopic (exact) mass is 203 g/mol. The van der Waals surface area contributed by atoms with Crippen LogP contribution in [0.1, 0.15) is 23.7 Å². The summed E-state index contributed by atoms with van der Waals surface area (Å²) in [5, 5.41) is 10.5. The van der Waals surface area contributed by atoms with E-state index in [-0.39, 0.29) is 6.61 Å². The van der Waals surface area contributed by atoms with E-state index in [1.54, 1.807) is 17.5 Å². The van der Waals surface area contributed by atoms with Gasteiger partial charge in [-0.2, -0.15) is 11.8 Å². The number of nitrogens with zero attached hydrogens (tertiary/aromatic N) is 1. The van der Waals surface area contributed by atoms with Gasteiger partial charge in [-0.05, 0) is 5.25 Å². The zero-order valence-corrected chi connectivity index (χ0v) is 8.91. The molecule has 2 nitrogen and oxygen atoms in total. The normalized spacial score (nSPS) is 11.0. The van der Waals surface area contributed by atoms with Crippen molar-refractivity contribution in [2.24, 2.45) is 0 Å². The molecular formula is C8H13NOS2. The van der Waals surface area contributed by atoms with Crippen molar-refractivity contribution in [1.29, 1.82) is 0 Å². The lowest BCUT2D eigenvalue weighted by atomic mass is 10.6. The van der Waals surface area contributed by atoms with Gasteiger partial charge in [0.1, 0.15) is 5.01 Å². The second-order valence-corrected chi connectivity index (χ2v) is 5.50. The predicted octanol–water partition coefficient (Wildman–Crippen LogP) is 2.28. The third kappa shape index (κ3) is 3.13. The first-order chi connectivity index (χ1) is 5.72. The molecule has 0 saturated heterocycles. The van der Waals surface area contributed by atoms with Crippen LogP contribution in [0.25, 0.3) is 0 Å². The van der Waals surface area contributed by atoms with Gasteiger partial charge in [-0.15, -0.1) is 11.3 Å². The van der Waals surface area contributed by atoms with Crippen LogP contribution in [0.3, 0.4) is 0 Å². The van der Waals surface area contributed by atoms with Gasteiger partial charge < -0.3 is 5.11 Å². The Balaban J connectivity index is 2.41. The zero-order valence-electron chi connectivity index (χ0n) is 7.28. The minimum atomic E-state index is 0.115. The molecule has 0 spiro atoms. The molecular weight excluding hydrogens is 190 g/mol. The van der Waals surface area contributed by atoms with Gasteiger partial charge in [-0.25, -0.2) is 4.98 Å². The van der Waals surface area contributed by atoms with E-state index < -0.39 is 0 Å². The minimum Gasteiger partial charge on any atom is -0.391 e. The Labute approximate surface area is 81.0 Å². The molecule has 12 heavy (non-hydrogen) atoms. The fourth-order valence-corrected chi connectivity index (χ4v) is 2.29. The van der Waals surface area contributed by atoms with Crippen molar-refractivity contribution in [2.75, 3.05) is 0 Å². The largest absolute Gasteiger partial charge is 0.391 e. The van der Waals surface area contributed by atoms with Crippen LogP contribution in [0.15, 0.2) is 6.20 Å². The Kier molecular flexibility index (Phi) is 4.05. The van der Waals surface area contributed by atoms with Gasteiger partial charge in [0, 0.05) is 11.9 Å². The van der Waals surface area contributed by atoms with Crippen molar-refractivity contribution in [1.82, 2.24) is 4.98 Å². The number of thiazole rings is 1. The molecule has 0 saturated carbocycles. The van der Waals surface area contributed by atoms with Crippen molar-refractivity contribution in [2.45, 2.75) is 31.5 Å². The summed E-state index contributed by atoms with van der Waals surface area (Å²) in [6.07, 6.45) is 1.75. The van der Waals surface area contributed by atoms with Gasteiger partial charge in [0.25, 0.3) is 0 Å². The maximum atomic E-state index is 8.79. The summed E-state index contributed by atoms with van der Waals surface area (Å²) < 4.78 is 0. The van der Waals surface area contributed by atoms with E-state index in [1.807, 2.05) is 11.8 Å². The number of aliphatic hydroxyl groups is 1. The van der Waals surface area contributed by atoms with Gasteiger partial charge in [-0.1, -0.05) is 13.8 Å². The quantitative estimate of drug-likeness (QED) is 0.815. The summed E-state index contributed by atoms with van der Waals surface area (Å²) in [5.41, 5.74) is 0. The zero-order chi connectivity index (χ0) is 8.97. The van der Waals surface area contributed by atoms with Crippen molar-refractivity contribution in [3.8, 4) is 0 Å². The van der Waals surface area contributed by atoms with Crippen LogP contribution >= 0.6 is 23.1 Å². The Morgan fingerprint density at radius 1 is 1.67 bits per heavy atom. The van der Waals surface area contributed by atoms with E-state index in [9.17, 15) is 0 Å². The SMILES string of the molecule is CC(C)SCc1ncc(CO)s1. The molecule has 0 bridgehead atoms. The van der Waals surface area contributed by atoms with E-state index in [0.717, 1.165) is 15.6 Å². The van der Waals surface area contributed by atoms with Crippen molar-refractivity contribution in [3.05, 3.63) is 16.1 Å². The molecule has 0 aliphatic heterocycles. The maximum Gasteiger partial charge on any atom is 0.103 e. The standard InChI is InChI=1S/C8H13NOS2/c1-6(2)11-5-8-9-3-7(4-10)12-8/h3,6,10H,4-5H2,1-2H3. The molecule has 1 rings (SSSR count). The first-order valence-electron chi connectivity index (χ1n) is 3.88. The molecule has 1 N–H and O–H groups in total. The fraction of sp³-hybridized carbons (Fsp3) is 0.625. The van der Waals surface area contributed by atoms with Crippen LogP contribution in [0, 0.1) is 0 Å². The molecule has 68 valence electrons. The minimum absolute atomic E-state index is 0.115. The van der Waals surface area contributed by atoms with Gasteiger partial charge in [-0.3, -0.25) is 0 Å². The Bertz CT molecular complexity index is 235. The first-order valence-corrected chi connectivity index (χ1v) is 5.75. The highest BCUT2D eigenvalue weighted by molar-refractivity contribution is 7.99. The molecule has 0 aromatic carbocycles. The molecule has 1 heterocycles. The third-order valence-electron chi connectivity index (χ3n) is 1.30.